The number of hydrogen-bond acceptors (Lipinski definition) is 7. The molecule has 0 spiro atoms. The average molecular weight is 628 g/mol. The number of amides is 3. The highest BCUT2D eigenvalue weighted by Crippen LogP contribution is 2.32. The Morgan fingerprint density at radius 2 is 1.82 bits per heavy atom. The van der Waals surface area contributed by atoms with Gasteiger partial charge in [-0.2, -0.15) is 0 Å². The van der Waals surface area contributed by atoms with Crippen molar-refractivity contribution in [2.24, 2.45) is 5.92 Å². The fraction of sp³-hybridized carbons (Fsp3) is 0.500. The van der Waals surface area contributed by atoms with Gasteiger partial charge in [0.25, 0.3) is 0 Å². The van der Waals surface area contributed by atoms with E-state index in [1.807, 2.05) is 17.7 Å². The lowest BCUT2D eigenvalue weighted by atomic mass is 10.1. The molecule has 44 heavy (non-hydrogen) atoms. The number of carbonyl (C=O) groups excluding carboxylic acids is 3. The molecule has 0 fully saturated rings. The molecule has 2 atom stereocenters. The molecular formula is C32H49N5O6Si. The lowest BCUT2D eigenvalue weighted by molar-refractivity contribution is -0.116. The number of alkyl carbamates (subject to hydrolysis) is 1. The number of ether oxygens (including phenoxy) is 3. The number of rotatable bonds is 15. The molecule has 0 saturated carbocycles. The molecule has 12 heteroatoms. The summed E-state index contributed by atoms with van der Waals surface area (Å²) in [4.78, 5) is 42.5. The molecule has 1 heterocycles. The summed E-state index contributed by atoms with van der Waals surface area (Å²) >= 11 is 0. The molecule has 0 aliphatic rings. The standard InChI is InChI=1S/C32H49N5O6Si/c1-11-13-25(36-31(40)43-32(4,5)6)29-35-27(20-37(29)21-42-16-17-44(8,9)10)24-15-14-23(33-30(39)41-7)19-26(24)34-28(38)18-22(3)12-2/h11-12,14-15,19-20,22,25H,1-2,13,16-18,21H2,3-10H3,(H,33,39)(H,34,38)(H,36,40)/t22?,25-/m0/s1. The fourth-order valence-electron chi connectivity index (χ4n) is 4.02. The van der Waals surface area contributed by atoms with Crippen LogP contribution >= 0.6 is 0 Å². The van der Waals surface area contributed by atoms with Gasteiger partial charge in [-0.15, -0.1) is 13.2 Å². The van der Waals surface area contributed by atoms with Crippen LogP contribution in [0.2, 0.25) is 25.7 Å². The number of hydrogen-bond donors (Lipinski definition) is 3. The van der Waals surface area contributed by atoms with Crippen LogP contribution in [0.1, 0.15) is 52.4 Å². The average Bonchev–Trinajstić information content (AvgIpc) is 3.33. The summed E-state index contributed by atoms with van der Waals surface area (Å²) in [5.41, 5.74) is 1.33. The van der Waals surface area contributed by atoms with E-state index in [0.717, 1.165) is 6.04 Å². The van der Waals surface area contributed by atoms with Crippen molar-refractivity contribution in [3.63, 3.8) is 0 Å². The van der Waals surface area contributed by atoms with E-state index in [0.29, 0.717) is 41.5 Å². The van der Waals surface area contributed by atoms with Crippen molar-refractivity contribution in [2.75, 3.05) is 24.4 Å². The topological polar surface area (TPSA) is 133 Å². The first-order valence-electron chi connectivity index (χ1n) is 14.7. The van der Waals surface area contributed by atoms with E-state index in [9.17, 15) is 14.4 Å². The molecular weight excluding hydrogens is 578 g/mol. The molecule has 11 nitrogen and oxygen atoms in total. The number of methoxy groups -OCH3 is 1. The minimum Gasteiger partial charge on any atom is -0.453 e. The van der Waals surface area contributed by atoms with Crippen molar-refractivity contribution in [1.29, 1.82) is 0 Å². The minimum atomic E-state index is -1.32. The fourth-order valence-corrected chi connectivity index (χ4v) is 4.78. The summed E-state index contributed by atoms with van der Waals surface area (Å²) in [5.74, 6) is 0.278. The van der Waals surface area contributed by atoms with Gasteiger partial charge in [0.05, 0.1) is 24.5 Å². The summed E-state index contributed by atoms with van der Waals surface area (Å²) in [6.07, 6.45) is 4.62. The zero-order chi connectivity index (χ0) is 33.1. The van der Waals surface area contributed by atoms with E-state index in [1.165, 1.54) is 7.11 Å². The molecule has 3 N–H and O–H groups in total. The van der Waals surface area contributed by atoms with Crippen molar-refractivity contribution in [2.45, 2.75) is 84.6 Å². The molecule has 1 unspecified atom stereocenters. The number of nitrogens with zero attached hydrogens (tertiary/aromatic N) is 2. The normalized spacial score (nSPS) is 12.9. The molecule has 242 valence electrons. The summed E-state index contributed by atoms with van der Waals surface area (Å²) in [6, 6.07) is 5.51. The Balaban J connectivity index is 2.58. The van der Waals surface area contributed by atoms with Crippen molar-refractivity contribution in [1.82, 2.24) is 14.9 Å². The monoisotopic (exact) mass is 627 g/mol. The Morgan fingerprint density at radius 3 is 2.41 bits per heavy atom. The maximum absolute atomic E-state index is 12.9. The quantitative estimate of drug-likeness (QED) is 0.107. The zero-order valence-corrected chi connectivity index (χ0v) is 28.4. The van der Waals surface area contributed by atoms with Crippen LogP contribution in [-0.4, -0.2) is 55.0 Å². The van der Waals surface area contributed by atoms with Crippen LogP contribution in [0.25, 0.3) is 11.3 Å². The molecule has 1 aromatic carbocycles. The second-order valence-electron chi connectivity index (χ2n) is 12.9. The highest BCUT2D eigenvalue weighted by Gasteiger charge is 2.25. The van der Waals surface area contributed by atoms with E-state index >= 15 is 0 Å². The molecule has 0 aliphatic heterocycles. The zero-order valence-electron chi connectivity index (χ0n) is 27.4. The van der Waals surface area contributed by atoms with Gasteiger partial charge < -0.3 is 29.4 Å². The SMILES string of the molecule is C=CC[C@H](NC(=O)OC(C)(C)C)c1nc(-c2ccc(NC(=O)OC)cc2NC(=O)CC(C)C=C)cn1COCC[Si](C)(C)C. The lowest BCUT2D eigenvalue weighted by Crippen LogP contribution is -2.36. The van der Waals surface area contributed by atoms with Gasteiger partial charge in [-0.05, 0) is 57.4 Å². The maximum atomic E-state index is 12.9. The molecule has 3 amide bonds. The Bertz CT molecular complexity index is 1310. The van der Waals surface area contributed by atoms with Gasteiger partial charge in [-0.1, -0.05) is 38.7 Å². The highest BCUT2D eigenvalue weighted by atomic mass is 28.3. The molecule has 2 aromatic rings. The van der Waals surface area contributed by atoms with Crippen molar-refractivity contribution in [3.8, 4) is 11.3 Å². The van der Waals surface area contributed by atoms with E-state index in [1.54, 1.807) is 51.1 Å². The predicted octanol–water partition coefficient (Wildman–Crippen LogP) is 7.33. The first-order valence-corrected chi connectivity index (χ1v) is 18.4. The molecule has 0 bridgehead atoms. The highest BCUT2D eigenvalue weighted by molar-refractivity contribution is 6.76. The minimum absolute atomic E-state index is 0.0347. The van der Waals surface area contributed by atoms with Gasteiger partial charge in [0.1, 0.15) is 18.2 Å². The lowest BCUT2D eigenvalue weighted by Gasteiger charge is -2.23. The molecule has 0 radical (unpaired) electrons. The van der Waals surface area contributed by atoms with Crippen LogP contribution in [0.3, 0.4) is 0 Å². The van der Waals surface area contributed by atoms with Crippen LogP contribution in [0, 0.1) is 5.92 Å². The number of anilines is 2. The van der Waals surface area contributed by atoms with E-state index in [-0.39, 0.29) is 25.0 Å². The number of carbonyl (C=O) groups is 3. The molecule has 0 aliphatic carbocycles. The third-order valence-corrected chi connectivity index (χ3v) is 8.05. The number of aromatic nitrogens is 2. The third kappa shape index (κ3) is 12.4. The van der Waals surface area contributed by atoms with E-state index in [4.69, 9.17) is 19.2 Å². The van der Waals surface area contributed by atoms with E-state index < -0.39 is 31.9 Å². The van der Waals surface area contributed by atoms with Crippen LogP contribution in [0.4, 0.5) is 21.0 Å². The Hall–Kier alpha value is -3.90. The van der Waals surface area contributed by atoms with Gasteiger partial charge in [-0.3, -0.25) is 10.1 Å². The van der Waals surface area contributed by atoms with Crippen molar-refractivity contribution >= 4 is 37.5 Å². The summed E-state index contributed by atoms with van der Waals surface area (Å²) < 4.78 is 18.2. The van der Waals surface area contributed by atoms with Crippen LogP contribution < -0.4 is 16.0 Å². The number of benzene rings is 1. The second kappa shape index (κ2) is 16.2. The van der Waals surface area contributed by atoms with Gasteiger partial charge in [0, 0.05) is 38.5 Å². The van der Waals surface area contributed by atoms with Gasteiger partial charge >= 0.3 is 12.2 Å². The van der Waals surface area contributed by atoms with Gasteiger partial charge in [-0.25, -0.2) is 14.6 Å². The Morgan fingerprint density at radius 1 is 1.11 bits per heavy atom. The number of nitrogens with one attached hydrogen (secondary N) is 3. The first-order chi connectivity index (χ1) is 20.5. The molecule has 1 aromatic heterocycles. The van der Waals surface area contributed by atoms with Gasteiger partial charge in [0.15, 0.2) is 0 Å². The summed E-state index contributed by atoms with van der Waals surface area (Å²) in [7, 11) is -0.0437. The van der Waals surface area contributed by atoms with Crippen LogP contribution in [0.5, 0.6) is 0 Å². The first kappa shape index (κ1) is 36.3. The third-order valence-electron chi connectivity index (χ3n) is 6.35. The summed E-state index contributed by atoms with van der Waals surface area (Å²) in [5, 5.41) is 8.50. The van der Waals surface area contributed by atoms with E-state index in [2.05, 4.69) is 48.7 Å². The largest absolute Gasteiger partial charge is 0.453 e. The Kier molecular flexibility index (Phi) is 13.4. The second-order valence-corrected chi connectivity index (χ2v) is 18.5. The molecule has 2 rings (SSSR count). The summed E-state index contributed by atoms with van der Waals surface area (Å²) in [6.45, 7) is 22.6. The number of imidazole rings is 1. The predicted molar refractivity (Wildman–Crippen MR) is 177 cm³/mol. The number of allylic oxidation sites excluding steroid dienone is 1. The molecule has 0 saturated heterocycles. The van der Waals surface area contributed by atoms with Gasteiger partial charge in [0.2, 0.25) is 5.91 Å². The Labute approximate surface area is 262 Å². The van der Waals surface area contributed by atoms with Crippen molar-refractivity contribution in [3.05, 3.63) is 55.5 Å². The van der Waals surface area contributed by atoms with Crippen LogP contribution in [-0.2, 0) is 25.7 Å². The maximum Gasteiger partial charge on any atom is 0.411 e. The smallest absolute Gasteiger partial charge is 0.411 e. The van der Waals surface area contributed by atoms with Crippen molar-refractivity contribution < 1.29 is 28.6 Å². The van der Waals surface area contributed by atoms with Crippen LogP contribution in [0.15, 0.2) is 49.7 Å².